The van der Waals surface area contributed by atoms with E-state index in [1.54, 1.807) is 0 Å². The SMILES string of the molecule is CCCN1C[C@@H](NC(=S)N(C)C)C[C@@H]2c3cccc4[nH]c(C)c(c34)C[C@H]21. The number of rotatable bonds is 3. The third kappa shape index (κ3) is 2.91. The molecule has 5 heteroatoms. The number of H-pyrrole nitrogens is 1. The lowest BCUT2D eigenvalue weighted by molar-refractivity contribution is 0.104. The van der Waals surface area contributed by atoms with Crippen molar-refractivity contribution in [3.8, 4) is 0 Å². The maximum absolute atomic E-state index is 5.53. The van der Waals surface area contributed by atoms with Crippen molar-refractivity contribution in [1.82, 2.24) is 20.1 Å². The molecular formula is C21H30N4S. The van der Waals surface area contributed by atoms with E-state index >= 15 is 0 Å². The Hall–Kier alpha value is -1.59. The Balaban J connectivity index is 1.71. The second kappa shape index (κ2) is 6.86. The summed E-state index contributed by atoms with van der Waals surface area (Å²) in [4.78, 5) is 8.32. The first kappa shape index (κ1) is 17.8. The van der Waals surface area contributed by atoms with Crippen molar-refractivity contribution < 1.29 is 0 Å². The normalized spacial score (nSPS) is 25.2. The van der Waals surface area contributed by atoms with Gasteiger partial charge in [0.05, 0.1) is 0 Å². The molecule has 0 unspecified atom stereocenters. The molecule has 2 aromatic rings. The van der Waals surface area contributed by atoms with Crippen LogP contribution in [0.2, 0.25) is 0 Å². The summed E-state index contributed by atoms with van der Waals surface area (Å²) in [5, 5.41) is 5.94. The van der Waals surface area contributed by atoms with E-state index in [0.717, 1.165) is 24.6 Å². The smallest absolute Gasteiger partial charge is 0.168 e. The van der Waals surface area contributed by atoms with Crippen LogP contribution in [-0.2, 0) is 6.42 Å². The maximum atomic E-state index is 5.53. The van der Waals surface area contributed by atoms with E-state index in [4.69, 9.17) is 12.2 Å². The van der Waals surface area contributed by atoms with Crippen molar-refractivity contribution in [3.63, 3.8) is 0 Å². The lowest BCUT2D eigenvalue weighted by atomic mass is 9.73. The van der Waals surface area contributed by atoms with E-state index in [9.17, 15) is 0 Å². The van der Waals surface area contributed by atoms with Crippen LogP contribution in [-0.4, -0.2) is 59.2 Å². The minimum atomic E-state index is 0.412. The zero-order valence-corrected chi connectivity index (χ0v) is 17.1. The van der Waals surface area contributed by atoms with Gasteiger partial charge in [0.15, 0.2) is 5.11 Å². The molecule has 1 saturated heterocycles. The summed E-state index contributed by atoms with van der Waals surface area (Å²) in [7, 11) is 4.03. The molecule has 4 rings (SSSR count). The number of benzene rings is 1. The number of likely N-dealkylation sites (tertiary alicyclic amines) is 1. The molecular weight excluding hydrogens is 340 g/mol. The number of piperidine rings is 1. The second-order valence-electron chi connectivity index (χ2n) is 8.15. The number of fused-ring (bicyclic) bond motifs is 2. The van der Waals surface area contributed by atoms with Gasteiger partial charge < -0.3 is 15.2 Å². The zero-order chi connectivity index (χ0) is 18.4. The summed E-state index contributed by atoms with van der Waals surface area (Å²) in [6.07, 6.45) is 3.51. The zero-order valence-electron chi connectivity index (χ0n) is 16.3. The van der Waals surface area contributed by atoms with Crippen molar-refractivity contribution in [3.05, 3.63) is 35.0 Å². The van der Waals surface area contributed by atoms with Gasteiger partial charge in [-0.25, -0.2) is 0 Å². The highest BCUT2D eigenvalue weighted by Gasteiger charge is 2.41. The molecule has 1 fully saturated rings. The lowest BCUT2D eigenvalue weighted by Crippen LogP contribution is -2.57. The highest BCUT2D eigenvalue weighted by molar-refractivity contribution is 7.80. The van der Waals surface area contributed by atoms with Crippen LogP contribution in [0.1, 0.15) is 42.5 Å². The predicted octanol–water partition coefficient (Wildman–Crippen LogP) is 3.41. The summed E-state index contributed by atoms with van der Waals surface area (Å²) in [6.45, 7) is 6.75. The number of hydrogen-bond acceptors (Lipinski definition) is 2. The highest BCUT2D eigenvalue weighted by Crippen LogP contribution is 2.44. The number of aromatic amines is 1. The molecule has 1 aliphatic heterocycles. The molecule has 0 amide bonds. The molecule has 0 radical (unpaired) electrons. The molecule has 2 heterocycles. The predicted molar refractivity (Wildman–Crippen MR) is 113 cm³/mol. The van der Waals surface area contributed by atoms with Gasteiger partial charge in [-0.1, -0.05) is 19.1 Å². The van der Waals surface area contributed by atoms with Gasteiger partial charge in [-0.3, -0.25) is 4.90 Å². The van der Waals surface area contributed by atoms with Crippen LogP contribution in [0.25, 0.3) is 10.9 Å². The third-order valence-corrected chi connectivity index (χ3v) is 6.64. The fraction of sp³-hybridized carbons (Fsp3) is 0.571. The van der Waals surface area contributed by atoms with Gasteiger partial charge >= 0.3 is 0 Å². The minimum Gasteiger partial charge on any atom is -0.359 e. The van der Waals surface area contributed by atoms with E-state index < -0.39 is 0 Å². The summed E-state index contributed by atoms with van der Waals surface area (Å²) in [5.41, 5.74) is 5.71. The Kier molecular flexibility index (Phi) is 4.70. The van der Waals surface area contributed by atoms with Gasteiger partial charge in [0.2, 0.25) is 0 Å². The molecule has 0 bridgehead atoms. The Morgan fingerprint density at radius 2 is 2.19 bits per heavy atom. The quantitative estimate of drug-likeness (QED) is 0.812. The van der Waals surface area contributed by atoms with Crippen LogP contribution in [0.15, 0.2) is 18.2 Å². The summed E-state index contributed by atoms with van der Waals surface area (Å²) in [6, 6.07) is 7.81. The maximum Gasteiger partial charge on any atom is 0.168 e. The van der Waals surface area contributed by atoms with Gasteiger partial charge in [-0.2, -0.15) is 0 Å². The van der Waals surface area contributed by atoms with Crippen LogP contribution >= 0.6 is 12.2 Å². The van der Waals surface area contributed by atoms with Crippen LogP contribution in [0.3, 0.4) is 0 Å². The number of nitrogens with one attached hydrogen (secondary N) is 2. The number of aromatic nitrogens is 1. The molecule has 4 nitrogen and oxygen atoms in total. The molecule has 0 spiro atoms. The van der Waals surface area contributed by atoms with Gasteiger partial charge in [-0.15, -0.1) is 0 Å². The second-order valence-corrected chi connectivity index (χ2v) is 8.53. The van der Waals surface area contributed by atoms with E-state index in [0.29, 0.717) is 18.0 Å². The van der Waals surface area contributed by atoms with Gasteiger partial charge in [-0.05, 0) is 62.1 Å². The average Bonchev–Trinajstić information content (AvgIpc) is 2.93. The Labute approximate surface area is 161 Å². The van der Waals surface area contributed by atoms with Crippen molar-refractivity contribution in [2.24, 2.45) is 0 Å². The Morgan fingerprint density at radius 1 is 1.38 bits per heavy atom. The van der Waals surface area contributed by atoms with Crippen molar-refractivity contribution >= 4 is 28.2 Å². The molecule has 1 aromatic heterocycles. The number of thiocarbonyl (C=S) groups is 1. The molecule has 3 atom stereocenters. The standard InChI is InChI=1S/C21H30N4S/c1-5-9-25-12-14(23-21(26)24(3)4)10-17-15-7-6-8-18-20(15)16(11-19(17)25)13(2)22-18/h6-8,14,17,19,22H,5,9-12H2,1-4H3,(H,23,26)/t14-,17+,19+/m0/s1. The molecule has 2 N–H and O–H groups in total. The molecule has 1 aliphatic carbocycles. The first-order valence-electron chi connectivity index (χ1n) is 9.81. The number of hydrogen-bond donors (Lipinski definition) is 2. The van der Waals surface area contributed by atoms with Crippen LogP contribution in [0, 0.1) is 6.92 Å². The molecule has 0 saturated carbocycles. The number of nitrogens with zero attached hydrogens (tertiary/aromatic N) is 2. The Bertz CT molecular complexity index is 825. The largest absolute Gasteiger partial charge is 0.359 e. The summed E-state index contributed by atoms with van der Waals surface area (Å²) >= 11 is 5.53. The van der Waals surface area contributed by atoms with Gasteiger partial charge in [0, 0.05) is 55.2 Å². The highest BCUT2D eigenvalue weighted by atomic mass is 32.1. The van der Waals surface area contributed by atoms with Crippen LogP contribution in [0.4, 0.5) is 0 Å². The summed E-state index contributed by atoms with van der Waals surface area (Å²) < 4.78 is 0. The van der Waals surface area contributed by atoms with E-state index in [2.05, 4.69) is 47.2 Å². The van der Waals surface area contributed by atoms with Crippen LogP contribution < -0.4 is 5.32 Å². The molecule has 1 aromatic carbocycles. The first-order valence-corrected chi connectivity index (χ1v) is 10.2. The molecule has 26 heavy (non-hydrogen) atoms. The average molecular weight is 371 g/mol. The van der Waals surface area contributed by atoms with E-state index in [1.807, 2.05) is 19.0 Å². The lowest BCUT2D eigenvalue weighted by Gasteiger charge is -2.47. The fourth-order valence-electron chi connectivity index (χ4n) is 5.02. The Morgan fingerprint density at radius 3 is 2.92 bits per heavy atom. The van der Waals surface area contributed by atoms with Crippen molar-refractivity contribution in [2.45, 2.75) is 51.1 Å². The van der Waals surface area contributed by atoms with E-state index in [1.165, 1.54) is 40.6 Å². The van der Waals surface area contributed by atoms with E-state index in [-0.39, 0.29) is 0 Å². The summed E-state index contributed by atoms with van der Waals surface area (Å²) in [5.74, 6) is 0.573. The topological polar surface area (TPSA) is 34.3 Å². The number of aryl methyl sites for hydroxylation is 1. The van der Waals surface area contributed by atoms with Gasteiger partial charge in [0.1, 0.15) is 0 Å². The van der Waals surface area contributed by atoms with Crippen LogP contribution in [0.5, 0.6) is 0 Å². The molecule has 2 aliphatic rings. The van der Waals surface area contributed by atoms with Crippen molar-refractivity contribution in [2.75, 3.05) is 27.2 Å². The third-order valence-electron chi connectivity index (χ3n) is 6.16. The fourth-order valence-corrected chi connectivity index (χ4v) is 5.19. The monoisotopic (exact) mass is 370 g/mol. The minimum absolute atomic E-state index is 0.412. The first-order chi connectivity index (χ1) is 12.5. The van der Waals surface area contributed by atoms with Gasteiger partial charge in [0.25, 0.3) is 0 Å². The molecule has 140 valence electrons. The van der Waals surface area contributed by atoms with Crippen molar-refractivity contribution in [1.29, 1.82) is 0 Å².